The minimum absolute atomic E-state index is 0.876. The lowest BCUT2D eigenvalue weighted by Gasteiger charge is -2.01. The third-order valence-electron chi connectivity index (χ3n) is 2.87. The lowest BCUT2D eigenvalue weighted by Crippen LogP contribution is -1.92. The van der Waals surface area contributed by atoms with Gasteiger partial charge in [-0.3, -0.25) is 0 Å². The Hall–Kier alpha value is -1.73. The van der Waals surface area contributed by atoms with Gasteiger partial charge in [-0.1, -0.05) is 79.8 Å². The van der Waals surface area contributed by atoms with Crippen molar-refractivity contribution in [2.75, 3.05) is 0 Å². The molecule has 0 aromatic heterocycles. The quantitative estimate of drug-likeness (QED) is 0.432. The van der Waals surface area contributed by atoms with Crippen LogP contribution in [0.1, 0.15) is 23.6 Å². The minimum Gasteiger partial charge on any atom is -0.0795 e. The zero-order valence-electron chi connectivity index (χ0n) is 10.5. The number of thiocarbonyl (C=S) groups is 1. The number of hydrogen-bond acceptors (Lipinski definition) is 1. The summed E-state index contributed by atoms with van der Waals surface area (Å²) in [5, 5.41) is 0. The summed E-state index contributed by atoms with van der Waals surface area (Å²) in [6.07, 6.45) is 5.11. The highest BCUT2D eigenvalue weighted by atomic mass is 32.1. The van der Waals surface area contributed by atoms with E-state index in [1.807, 2.05) is 24.3 Å². The predicted molar refractivity (Wildman–Crippen MR) is 83.0 cm³/mol. The largest absolute Gasteiger partial charge is 0.0795 e. The Morgan fingerprint density at radius 3 is 2.28 bits per heavy atom. The van der Waals surface area contributed by atoms with Crippen molar-refractivity contribution in [2.45, 2.75) is 13.3 Å². The van der Waals surface area contributed by atoms with Gasteiger partial charge in [-0.25, -0.2) is 0 Å². The summed E-state index contributed by atoms with van der Waals surface area (Å²) in [5.41, 5.74) is 3.62. The fourth-order valence-electron chi connectivity index (χ4n) is 1.74. The molecule has 2 rings (SSSR count). The molecular formula is C17H16S. The lowest BCUT2D eigenvalue weighted by atomic mass is 10.1. The molecule has 18 heavy (non-hydrogen) atoms. The summed E-state index contributed by atoms with van der Waals surface area (Å²) >= 11 is 5.41. The molecule has 0 nitrogen and oxygen atoms in total. The van der Waals surface area contributed by atoms with Gasteiger partial charge in [0, 0.05) is 4.86 Å². The van der Waals surface area contributed by atoms with Gasteiger partial charge in [-0.05, 0) is 29.2 Å². The van der Waals surface area contributed by atoms with E-state index in [0.717, 1.165) is 16.8 Å². The molecule has 0 radical (unpaired) electrons. The lowest BCUT2D eigenvalue weighted by molar-refractivity contribution is 1.14. The highest BCUT2D eigenvalue weighted by Crippen LogP contribution is 2.09. The Balaban J connectivity index is 2.09. The van der Waals surface area contributed by atoms with Crippen LogP contribution in [0.2, 0.25) is 0 Å². The van der Waals surface area contributed by atoms with Crippen LogP contribution >= 0.6 is 12.2 Å². The molecular weight excluding hydrogens is 236 g/mol. The number of aryl methyl sites for hydroxylation is 1. The van der Waals surface area contributed by atoms with Gasteiger partial charge >= 0.3 is 0 Å². The number of benzene rings is 2. The Bertz CT molecular complexity index is 536. The molecule has 0 heterocycles. The second-order valence-corrected chi connectivity index (χ2v) is 4.60. The normalized spacial score (nSPS) is 10.7. The van der Waals surface area contributed by atoms with Crippen LogP contribution in [0.25, 0.3) is 6.08 Å². The van der Waals surface area contributed by atoms with E-state index in [2.05, 4.69) is 49.4 Å². The van der Waals surface area contributed by atoms with Crippen molar-refractivity contribution in [3.63, 3.8) is 0 Å². The van der Waals surface area contributed by atoms with E-state index < -0.39 is 0 Å². The number of hydrogen-bond donors (Lipinski definition) is 0. The smallest absolute Gasteiger partial charge is 0.0449 e. The van der Waals surface area contributed by atoms with E-state index in [4.69, 9.17) is 12.2 Å². The van der Waals surface area contributed by atoms with Crippen LogP contribution in [-0.2, 0) is 6.42 Å². The molecule has 0 aliphatic heterocycles. The maximum atomic E-state index is 5.41. The highest BCUT2D eigenvalue weighted by Gasteiger charge is 1.97. The van der Waals surface area contributed by atoms with Crippen molar-refractivity contribution in [3.05, 3.63) is 77.4 Å². The highest BCUT2D eigenvalue weighted by molar-refractivity contribution is 7.81. The Labute approximate surface area is 114 Å². The minimum atomic E-state index is 0.876. The van der Waals surface area contributed by atoms with Crippen LogP contribution < -0.4 is 0 Å². The third-order valence-corrected chi connectivity index (χ3v) is 3.25. The molecule has 1 heteroatoms. The molecule has 0 bridgehead atoms. The maximum Gasteiger partial charge on any atom is 0.0449 e. The number of rotatable bonds is 4. The average Bonchev–Trinajstić information content (AvgIpc) is 2.46. The zero-order valence-corrected chi connectivity index (χ0v) is 11.3. The third kappa shape index (κ3) is 3.38. The van der Waals surface area contributed by atoms with E-state index in [-0.39, 0.29) is 0 Å². The molecule has 90 valence electrons. The maximum absolute atomic E-state index is 5.41. The van der Waals surface area contributed by atoms with Gasteiger partial charge < -0.3 is 0 Å². The molecule has 0 fully saturated rings. The van der Waals surface area contributed by atoms with E-state index in [1.165, 1.54) is 11.1 Å². The molecule has 0 saturated heterocycles. The summed E-state index contributed by atoms with van der Waals surface area (Å²) in [4.78, 5) is 0.876. The topological polar surface area (TPSA) is 0 Å². The van der Waals surface area contributed by atoms with Crippen molar-refractivity contribution in [1.82, 2.24) is 0 Å². The van der Waals surface area contributed by atoms with Gasteiger partial charge in [0.15, 0.2) is 0 Å². The van der Waals surface area contributed by atoms with Crippen LogP contribution in [-0.4, -0.2) is 4.86 Å². The van der Waals surface area contributed by atoms with Gasteiger partial charge in [-0.2, -0.15) is 0 Å². The second-order valence-electron chi connectivity index (χ2n) is 4.16. The van der Waals surface area contributed by atoms with Crippen molar-refractivity contribution in [3.8, 4) is 0 Å². The van der Waals surface area contributed by atoms with E-state index >= 15 is 0 Å². The molecule has 0 amide bonds. The molecule has 0 aliphatic carbocycles. The van der Waals surface area contributed by atoms with Gasteiger partial charge in [0.1, 0.15) is 0 Å². The van der Waals surface area contributed by atoms with Crippen molar-refractivity contribution >= 4 is 23.2 Å². The molecule has 2 aromatic rings. The first kappa shape index (κ1) is 12.7. The molecule has 0 unspecified atom stereocenters. The zero-order chi connectivity index (χ0) is 12.8. The monoisotopic (exact) mass is 252 g/mol. The SMILES string of the molecule is CCc1ccc(C(=S)C=Cc2ccccc2)cc1. The van der Waals surface area contributed by atoms with Crippen LogP contribution in [0.15, 0.2) is 60.7 Å². The fourth-order valence-corrected chi connectivity index (χ4v) is 1.94. The first-order chi connectivity index (χ1) is 8.79. The number of allylic oxidation sites excluding steroid dienone is 1. The molecule has 0 N–H and O–H groups in total. The average molecular weight is 252 g/mol. The van der Waals surface area contributed by atoms with E-state index in [1.54, 1.807) is 0 Å². The van der Waals surface area contributed by atoms with Gasteiger partial charge in [0.2, 0.25) is 0 Å². The fraction of sp³-hybridized carbons (Fsp3) is 0.118. The van der Waals surface area contributed by atoms with Crippen LogP contribution in [0.4, 0.5) is 0 Å². The van der Waals surface area contributed by atoms with Gasteiger partial charge in [-0.15, -0.1) is 0 Å². The summed E-state index contributed by atoms with van der Waals surface area (Å²) in [6, 6.07) is 18.7. The summed E-state index contributed by atoms with van der Waals surface area (Å²) in [6.45, 7) is 2.16. The van der Waals surface area contributed by atoms with Gasteiger partial charge in [0.05, 0.1) is 0 Å². The van der Waals surface area contributed by atoms with Gasteiger partial charge in [0.25, 0.3) is 0 Å². The van der Waals surface area contributed by atoms with E-state index in [9.17, 15) is 0 Å². The first-order valence-electron chi connectivity index (χ1n) is 6.16. The van der Waals surface area contributed by atoms with E-state index in [0.29, 0.717) is 0 Å². The molecule has 0 aliphatic rings. The Morgan fingerprint density at radius 2 is 1.67 bits per heavy atom. The first-order valence-corrected chi connectivity index (χ1v) is 6.57. The summed E-state index contributed by atoms with van der Waals surface area (Å²) in [5.74, 6) is 0. The molecule has 0 atom stereocenters. The summed E-state index contributed by atoms with van der Waals surface area (Å²) < 4.78 is 0. The molecule has 0 spiro atoms. The Morgan fingerprint density at radius 1 is 1.00 bits per heavy atom. The van der Waals surface area contributed by atoms with Crippen molar-refractivity contribution in [2.24, 2.45) is 0 Å². The Kier molecular flexibility index (Phi) is 4.43. The van der Waals surface area contributed by atoms with Crippen LogP contribution in [0.5, 0.6) is 0 Å². The predicted octanol–water partition coefficient (Wildman–Crippen LogP) is 4.68. The standard InChI is InChI=1S/C17H16S/c1-2-14-8-11-16(12-9-14)17(18)13-10-15-6-4-3-5-7-15/h3-13H,2H2,1H3. The van der Waals surface area contributed by atoms with Crippen molar-refractivity contribution in [1.29, 1.82) is 0 Å². The molecule has 2 aromatic carbocycles. The van der Waals surface area contributed by atoms with Crippen LogP contribution in [0.3, 0.4) is 0 Å². The summed E-state index contributed by atoms with van der Waals surface area (Å²) in [7, 11) is 0. The van der Waals surface area contributed by atoms with Crippen molar-refractivity contribution < 1.29 is 0 Å². The van der Waals surface area contributed by atoms with Crippen LogP contribution in [0, 0.1) is 0 Å². The second kappa shape index (κ2) is 6.27. The molecule has 0 saturated carbocycles.